The van der Waals surface area contributed by atoms with Crippen molar-refractivity contribution >= 4 is 23.7 Å². The van der Waals surface area contributed by atoms with E-state index in [2.05, 4.69) is 6.58 Å². The van der Waals surface area contributed by atoms with Crippen molar-refractivity contribution in [1.82, 2.24) is 0 Å². The molecule has 0 bridgehead atoms. The molecule has 252 valence electrons. The number of aliphatic hydroxyl groups is 4. The lowest BCUT2D eigenvalue weighted by Gasteiger charge is -2.69. The van der Waals surface area contributed by atoms with Gasteiger partial charge in [-0.25, -0.2) is 9.59 Å². The van der Waals surface area contributed by atoms with E-state index in [4.69, 9.17) is 14.2 Å². The van der Waals surface area contributed by atoms with E-state index in [-0.39, 0.29) is 17.5 Å². The molecule has 0 spiro atoms. The zero-order valence-corrected chi connectivity index (χ0v) is 27.0. The van der Waals surface area contributed by atoms with E-state index in [1.165, 1.54) is 31.2 Å². The Labute approximate surface area is 273 Å². The zero-order valence-electron chi connectivity index (χ0n) is 27.0. The van der Waals surface area contributed by atoms with Gasteiger partial charge < -0.3 is 34.6 Å². The summed E-state index contributed by atoms with van der Waals surface area (Å²) in [4.78, 5) is 54.2. The Hall–Kier alpha value is -3.90. The van der Waals surface area contributed by atoms with Crippen molar-refractivity contribution in [1.29, 1.82) is 0 Å². The molecule has 3 aliphatic rings. The molecule has 0 heterocycles. The normalized spacial score (nSPS) is 39.0. The second-order valence-corrected chi connectivity index (χ2v) is 14.0. The largest absolute Gasteiger partial charge is 0.456 e. The zero-order chi connectivity index (χ0) is 34.7. The summed E-state index contributed by atoms with van der Waals surface area (Å²) in [6.45, 7) is 11.1. The van der Waals surface area contributed by atoms with Gasteiger partial charge in [-0.2, -0.15) is 0 Å². The molecule has 47 heavy (non-hydrogen) atoms. The Bertz CT molecular complexity index is 1560. The average molecular weight is 651 g/mol. The first-order valence-corrected chi connectivity index (χ1v) is 15.6. The summed E-state index contributed by atoms with van der Waals surface area (Å²) in [6, 6.07) is 15.8. The van der Waals surface area contributed by atoms with Crippen LogP contribution in [0.1, 0.15) is 61.8 Å². The minimum Gasteiger partial charge on any atom is -0.456 e. The molecule has 5 rings (SSSR count). The van der Waals surface area contributed by atoms with Crippen LogP contribution in [0.25, 0.3) is 0 Å². The fraction of sp³-hybridized carbons (Fsp3) is 0.500. The van der Waals surface area contributed by atoms with Gasteiger partial charge in [0.25, 0.3) is 0 Å². The third kappa shape index (κ3) is 5.11. The number of carbonyl (C=O) groups is 4. The van der Waals surface area contributed by atoms with Gasteiger partial charge in [0.1, 0.15) is 24.4 Å². The average Bonchev–Trinajstić information content (AvgIpc) is 3.05. The van der Waals surface area contributed by atoms with Crippen LogP contribution in [0.2, 0.25) is 0 Å². The minimum atomic E-state index is -2.69. The van der Waals surface area contributed by atoms with Crippen molar-refractivity contribution in [3.8, 4) is 0 Å². The smallest absolute Gasteiger partial charge is 0.338 e. The highest BCUT2D eigenvalue weighted by Crippen LogP contribution is 2.67. The number of carbonyl (C=O) groups excluding carboxylic acids is 4. The molecule has 11 nitrogen and oxygen atoms in total. The van der Waals surface area contributed by atoms with Gasteiger partial charge in [0.05, 0.1) is 22.6 Å². The predicted molar refractivity (Wildman–Crippen MR) is 167 cm³/mol. The van der Waals surface area contributed by atoms with Gasteiger partial charge in [0, 0.05) is 18.3 Å². The molecule has 2 aromatic carbocycles. The summed E-state index contributed by atoms with van der Waals surface area (Å²) >= 11 is 0. The Morgan fingerprint density at radius 3 is 1.81 bits per heavy atom. The summed E-state index contributed by atoms with van der Waals surface area (Å²) in [7, 11) is 0. The Morgan fingerprint density at radius 1 is 0.809 bits per heavy atom. The molecule has 3 saturated carbocycles. The highest BCUT2D eigenvalue weighted by Gasteiger charge is 2.79. The third-order valence-electron chi connectivity index (χ3n) is 11.1. The van der Waals surface area contributed by atoms with Crippen LogP contribution < -0.4 is 0 Å². The number of Topliss-reactive ketones (excluding diaryl/α,β-unsaturated/α-hetero) is 1. The molecule has 0 aromatic heterocycles. The number of rotatable bonds is 6. The molecule has 0 aliphatic heterocycles. The first kappa shape index (κ1) is 34.4. The van der Waals surface area contributed by atoms with Crippen LogP contribution in [0, 0.1) is 28.1 Å². The highest BCUT2D eigenvalue weighted by molar-refractivity contribution is 5.97. The number of ether oxygens (including phenoxy) is 3. The molecular formula is C36H42O11. The van der Waals surface area contributed by atoms with Gasteiger partial charge in [0.2, 0.25) is 0 Å². The van der Waals surface area contributed by atoms with Crippen LogP contribution >= 0.6 is 0 Å². The van der Waals surface area contributed by atoms with Gasteiger partial charge in [-0.1, -0.05) is 63.2 Å². The van der Waals surface area contributed by atoms with Crippen LogP contribution in [0.4, 0.5) is 0 Å². The lowest BCUT2D eigenvalue weighted by Crippen LogP contribution is -2.82. The van der Waals surface area contributed by atoms with Crippen molar-refractivity contribution in [2.45, 2.75) is 83.3 Å². The first-order valence-electron chi connectivity index (χ1n) is 15.6. The molecule has 3 aliphatic carbocycles. The molecule has 11 atom stereocenters. The molecule has 4 N–H and O–H groups in total. The van der Waals surface area contributed by atoms with Gasteiger partial charge in [-0.15, -0.1) is 6.58 Å². The minimum absolute atomic E-state index is 0.114. The van der Waals surface area contributed by atoms with Crippen molar-refractivity contribution in [3.63, 3.8) is 0 Å². The Balaban J connectivity index is 1.77. The SMILES string of the molecule is C=C[C@]1(C)C(=O)[C@]2(O)[C@H](O)C[C@H]3C(C)(C)[C@H](O)[C@H](OC(C)=O)[C@H](OC(=O)c4ccccc4)[C@]3(C)[C@H]2[C@H](OC(=O)c2ccccc2)[C@@H]1O. The van der Waals surface area contributed by atoms with Crippen molar-refractivity contribution in [2.24, 2.45) is 28.1 Å². The van der Waals surface area contributed by atoms with Crippen molar-refractivity contribution in [3.05, 3.63) is 84.4 Å². The van der Waals surface area contributed by atoms with E-state index in [0.717, 1.165) is 13.0 Å². The Kier molecular flexibility index (Phi) is 8.77. The van der Waals surface area contributed by atoms with E-state index in [1.54, 1.807) is 57.2 Å². The first-order chi connectivity index (χ1) is 22.0. The van der Waals surface area contributed by atoms with Gasteiger partial charge in [0.15, 0.2) is 17.5 Å². The summed E-state index contributed by atoms with van der Waals surface area (Å²) in [5.41, 5.74) is -7.25. The molecule has 0 unspecified atom stereocenters. The number of ketones is 1. The number of esters is 3. The maximum Gasteiger partial charge on any atom is 0.338 e. The summed E-state index contributed by atoms with van der Waals surface area (Å²) in [6.07, 6.45) is -8.94. The van der Waals surface area contributed by atoms with E-state index < -0.39 is 94.0 Å². The molecule has 11 heteroatoms. The van der Waals surface area contributed by atoms with Crippen LogP contribution in [-0.4, -0.2) is 86.3 Å². The topological polar surface area (TPSA) is 177 Å². The number of aliphatic hydroxyl groups excluding tert-OH is 3. The maximum absolute atomic E-state index is 14.4. The van der Waals surface area contributed by atoms with E-state index >= 15 is 0 Å². The van der Waals surface area contributed by atoms with Crippen LogP contribution in [0.3, 0.4) is 0 Å². The van der Waals surface area contributed by atoms with Gasteiger partial charge in [-0.3, -0.25) is 9.59 Å². The number of hydrogen-bond acceptors (Lipinski definition) is 11. The van der Waals surface area contributed by atoms with Crippen molar-refractivity contribution < 1.29 is 53.8 Å². The predicted octanol–water partition coefficient (Wildman–Crippen LogP) is 2.64. The van der Waals surface area contributed by atoms with Gasteiger partial charge in [-0.05, 0) is 48.9 Å². The second kappa shape index (κ2) is 12.0. The summed E-state index contributed by atoms with van der Waals surface area (Å²) in [5, 5.41) is 48.0. The van der Waals surface area contributed by atoms with Crippen LogP contribution in [0.5, 0.6) is 0 Å². The van der Waals surface area contributed by atoms with E-state index in [1.807, 2.05) is 0 Å². The molecular weight excluding hydrogens is 608 g/mol. The molecule has 3 fully saturated rings. The second-order valence-electron chi connectivity index (χ2n) is 14.0. The van der Waals surface area contributed by atoms with Gasteiger partial charge >= 0.3 is 17.9 Å². The summed E-state index contributed by atoms with van der Waals surface area (Å²) in [5.74, 6) is -6.03. The lowest BCUT2D eigenvalue weighted by molar-refractivity contribution is -0.320. The molecule has 2 aromatic rings. The monoisotopic (exact) mass is 650 g/mol. The highest BCUT2D eigenvalue weighted by atomic mass is 16.6. The summed E-state index contributed by atoms with van der Waals surface area (Å²) < 4.78 is 17.8. The molecule has 0 amide bonds. The quantitative estimate of drug-likeness (QED) is 0.205. The fourth-order valence-corrected chi connectivity index (χ4v) is 8.55. The number of fused-ring (bicyclic) bond motifs is 3. The number of hydrogen-bond donors (Lipinski definition) is 4. The van der Waals surface area contributed by atoms with Crippen LogP contribution in [0.15, 0.2) is 73.3 Å². The standard InChI is InChI=1S/C36H42O11/c1-7-34(5)28(40)24(46-30(41)20-14-10-8-11-15-20)26-35(6)22(18-23(38)36(26,44)32(34)43)33(3,4)27(39)25(45-19(2)37)29(35)47-31(42)21-16-12-9-13-17-21/h7-17,22-29,38-40,44H,1,18H2,2-6H3/t22-,23+,24-,25-,26+,27+,28-,29-,34-,35-,36-/m0/s1. The van der Waals surface area contributed by atoms with Crippen molar-refractivity contribution in [2.75, 3.05) is 0 Å². The van der Waals surface area contributed by atoms with E-state index in [0.29, 0.717) is 0 Å². The molecule has 0 saturated heterocycles. The fourth-order valence-electron chi connectivity index (χ4n) is 8.55. The van der Waals surface area contributed by atoms with Crippen LogP contribution in [-0.2, 0) is 23.8 Å². The lowest BCUT2D eigenvalue weighted by atomic mass is 9.38. The maximum atomic E-state index is 14.4. The van der Waals surface area contributed by atoms with E-state index in [9.17, 15) is 39.6 Å². The Morgan fingerprint density at radius 2 is 1.32 bits per heavy atom. The third-order valence-corrected chi connectivity index (χ3v) is 11.1. The molecule has 0 radical (unpaired) electrons. The number of benzene rings is 2.